The summed E-state index contributed by atoms with van der Waals surface area (Å²) in [6, 6.07) is 2.98. The highest BCUT2D eigenvalue weighted by molar-refractivity contribution is 5.92. The summed E-state index contributed by atoms with van der Waals surface area (Å²) in [5, 5.41) is 2.67. The molecule has 0 fully saturated rings. The molecule has 0 spiro atoms. The van der Waals surface area contributed by atoms with E-state index < -0.39 is 17.5 Å². The molecule has 0 saturated carbocycles. The lowest BCUT2D eigenvalue weighted by Crippen LogP contribution is -2.34. The highest BCUT2D eigenvalue weighted by atomic mass is 19.1. The van der Waals surface area contributed by atoms with Gasteiger partial charge in [0.1, 0.15) is 11.6 Å². The van der Waals surface area contributed by atoms with Gasteiger partial charge in [-0.2, -0.15) is 0 Å². The Balaban J connectivity index is 2.75. The van der Waals surface area contributed by atoms with E-state index in [-0.39, 0.29) is 24.6 Å². The van der Waals surface area contributed by atoms with E-state index in [0.29, 0.717) is 12.6 Å². The summed E-state index contributed by atoms with van der Waals surface area (Å²) in [5.41, 5.74) is -0.0257. The second kappa shape index (κ2) is 7.57. The first-order valence-corrected chi connectivity index (χ1v) is 6.45. The van der Waals surface area contributed by atoms with Crippen molar-refractivity contribution in [3.05, 3.63) is 29.8 Å². The maximum Gasteiger partial charge on any atom is 0.223 e. The fourth-order valence-electron chi connectivity index (χ4n) is 1.71. The van der Waals surface area contributed by atoms with E-state index >= 15 is 0 Å². The van der Waals surface area contributed by atoms with Crippen LogP contribution in [0.15, 0.2) is 18.2 Å². The van der Waals surface area contributed by atoms with Gasteiger partial charge in [-0.1, -0.05) is 6.92 Å². The first-order valence-electron chi connectivity index (χ1n) is 6.45. The molecule has 0 aliphatic heterocycles. The first kappa shape index (κ1) is 16.1. The van der Waals surface area contributed by atoms with Crippen LogP contribution in [0.1, 0.15) is 26.7 Å². The van der Waals surface area contributed by atoms with Crippen LogP contribution in [-0.4, -0.2) is 24.9 Å². The Hall–Kier alpha value is -1.98. The van der Waals surface area contributed by atoms with Crippen LogP contribution in [0.25, 0.3) is 0 Å². The fraction of sp³-hybridized carbons (Fsp3) is 0.429. The summed E-state index contributed by atoms with van der Waals surface area (Å²) in [4.78, 5) is 24.2. The molecule has 1 aromatic carbocycles. The van der Waals surface area contributed by atoms with Gasteiger partial charge in [0.05, 0.1) is 5.69 Å². The molecule has 2 amide bonds. The smallest absolute Gasteiger partial charge is 0.223 e. The summed E-state index contributed by atoms with van der Waals surface area (Å²) >= 11 is 0. The Morgan fingerprint density at radius 1 is 1.30 bits per heavy atom. The van der Waals surface area contributed by atoms with Gasteiger partial charge in [-0.3, -0.25) is 9.59 Å². The molecule has 20 heavy (non-hydrogen) atoms. The molecule has 1 aromatic rings. The number of hydrogen-bond acceptors (Lipinski definition) is 2. The molecule has 6 heteroatoms. The zero-order valence-electron chi connectivity index (χ0n) is 11.6. The van der Waals surface area contributed by atoms with Crippen molar-refractivity contribution >= 4 is 17.5 Å². The van der Waals surface area contributed by atoms with Crippen LogP contribution in [0.2, 0.25) is 0 Å². The maximum atomic E-state index is 13.7. The molecular weight excluding hydrogens is 266 g/mol. The Morgan fingerprint density at radius 2 is 2.00 bits per heavy atom. The van der Waals surface area contributed by atoms with Gasteiger partial charge in [0.25, 0.3) is 0 Å². The number of hydrogen-bond donors (Lipinski definition) is 1. The number of nitrogens with zero attached hydrogens (tertiary/aromatic N) is 1. The number of benzene rings is 1. The normalized spacial score (nSPS) is 10.2. The SMILES string of the molecule is CCCNC(=O)CCN(C(C)=O)c1ccc(F)cc1F. The van der Waals surface area contributed by atoms with Gasteiger partial charge in [-0.15, -0.1) is 0 Å². The van der Waals surface area contributed by atoms with Crippen LogP contribution in [-0.2, 0) is 9.59 Å². The Kier molecular flexibility index (Phi) is 6.09. The molecule has 0 radical (unpaired) electrons. The number of rotatable bonds is 6. The van der Waals surface area contributed by atoms with Gasteiger partial charge in [-0.05, 0) is 18.6 Å². The quantitative estimate of drug-likeness (QED) is 0.871. The zero-order chi connectivity index (χ0) is 15.1. The number of carbonyl (C=O) groups excluding carboxylic acids is 2. The van der Waals surface area contributed by atoms with E-state index in [1.807, 2.05) is 6.92 Å². The largest absolute Gasteiger partial charge is 0.356 e. The van der Waals surface area contributed by atoms with Crippen molar-refractivity contribution < 1.29 is 18.4 Å². The predicted octanol–water partition coefficient (Wildman–Crippen LogP) is 2.23. The molecule has 0 heterocycles. The summed E-state index contributed by atoms with van der Waals surface area (Å²) < 4.78 is 26.5. The number of nitrogens with one attached hydrogen (secondary N) is 1. The van der Waals surface area contributed by atoms with Crippen molar-refractivity contribution in [3.8, 4) is 0 Å². The Bertz CT molecular complexity index is 492. The topological polar surface area (TPSA) is 49.4 Å². The number of halogens is 2. The van der Waals surface area contributed by atoms with Crippen molar-refractivity contribution in [2.45, 2.75) is 26.7 Å². The molecule has 0 unspecified atom stereocenters. The van der Waals surface area contributed by atoms with Gasteiger partial charge >= 0.3 is 0 Å². The van der Waals surface area contributed by atoms with Crippen molar-refractivity contribution in [2.75, 3.05) is 18.0 Å². The minimum atomic E-state index is -0.825. The lowest BCUT2D eigenvalue weighted by atomic mass is 10.2. The Morgan fingerprint density at radius 3 is 2.55 bits per heavy atom. The van der Waals surface area contributed by atoms with Gasteiger partial charge < -0.3 is 10.2 Å². The van der Waals surface area contributed by atoms with Gasteiger partial charge in [-0.25, -0.2) is 8.78 Å². The molecule has 0 atom stereocenters. The van der Waals surface area contributed by atoms with E-state index in [9.17, 15) is 18.4 Å². The van der Waals surface area contributed by atoms with Crippen LogP contribution in [0.5, 0.6) is 0 Å². The van der Waals surface area contributed by atoms with Crippen LogP contribution in [0, 0.1) is 11.6 Å². The summed E-state index contributed by atoms with van der Waals surface area (Å²) in [6.45, 7) is 3.81. The maximum absolute atomic E-state index is 13.7. The lowest BCUT2D eigenvalue weighted by molar-refractivity contribution is -0.121. The molecule has 1 rings (SSSR count). The fourth-order valence-corrected chi connectivity index (χ4v) is 1.71. The van der Waals surface area contributed by atoms with E-state index in [1.54, 1.807) is 0 Å². The summed E-state index contributed by atoms with van der Waals surface area (Å²) in [7, 11) is 0. The third kappa shape index (κ3) is 4.60. The van der Waals surface area contributed by atoms with E-state index in [1.165, 1.54) is 13.0 Å². The number of amides is 2. The molecule has 0 saturated heterocycles. The number of anilines is 1. The third-order valence-corrected chi connectivity index (χ3v) is 2.72. The molecule has 4 nitrogen and oxygen atoms in total. The van der Waals surface area contributed by atoms with E-state index in [4.69, 9.17) is 0 Å². The van der Waals surface area contributed by atoms with E-state index in [2.05, 4.69) is 5.32 Å². The highest BCUT2D eigenvalue weighted by Crippen LogP contribution is 2.20. The van der Waals surface area contributed by atoms with Crippen molar-refractivity contribution in [1.82, 2.24) is 5.32 Å². The second-order valence-electron chi connectivity index (χ2n) is 4.37. The first-order chi connectivity index (χ1) is 9.45. The van der Waals surface area contributed by atoms with Gasteiger partial charge in [0.2, 0.25) is 11.8 Å². The highest BCUT2D eigenvalue weighted by Gasteiger charge is 2.17. The van der Waals surface area contributed by atoms with E-state index in [0.717, 1.165) is 17.4 Å². The monoisotopic (exact) mass is 284 g/mol. The number of carbonyl (C=O) groups is 2. The van der Waals surface area contributed by atoms with Gasteiger partial charge in [0.15, 0.2) is 0 Å². The van der Waals surface area contributed by atoms with Crippen LogP contribution >= 0.6 is 0 Å². The molecule has 0 aliphatic rings. The van der Waals surface area contributed by atoms with Crippen molar-refractivity contribution in [3.63, 3.8) is 0 Å². The summed E-state index contributed by atoms with van der Waals surface area (Å²) in [5.74, 6) is -2.15. The lowest BCUT2D eigenvalue weighted by Gasteiger charge is -2.21. The second-order valence-corrected chi connectivity index (χ2v) is 4.37. The minimum Gasteiger partial charge on any atom is -0.356 e. The zero-order valence-corrected chi connectivity index (χ0v) is 11.6. The Labute approximate surface area is 116 Å². The van der Waals surface area contributed by atoms with Crippen LogP contribution in [0.4, 0.5) is 14.5 Å². The molecular formula is C14H18F2N2O2. The standard InChI is InChI=1S/C14H18F2N2O2/c1-3-7-17-14(20)6-8-18(10(2)19)13-5-4-11(15)9-12(13)16/h4-5,9H,3,6-8H2,1-2H3,(H,17,20). The minimum absolute atomic E-state index is 0.0257. The molecule has 1 N–H and O–H groups in total. The molecule has 0 bridgehead atoms. The molecule has 0 aromatic heterocycles. The average Bonchev–Trinajstić information content (AvgIpc) is 2.38. The van der Waals surface area contributed by atoms with Crippen molar-refractivity contribution in [1.29, 1.82) is 0 Å². The van der Waals surface area contributed by atoms with Gasteiger partial charge in [0, 0.05) is 32.5 Å². The average molecular weight is 284 g/mol. The molecule has 0 aliphatic carbocycles. The van der Waals surface area contributed by atoms with Crippen LogP contribution < -0.4 is 10.2 Å². The van der Waals surface area contributed by atoms with Crippen LogP contribution in [0.3, 0.4) is 0 Å². The van der Waals surface area contributed by atoms with Crippen molar-refractivity contribution in [2.24, 2.45) is 0 Å². The summed E-state index contributed by atoms with van der Waals surface area (Å²) in [6.07, 6.45) is 0.880. The third-order valence-electron chi connectivity index (χ3n) is 2.72. The predicted molar refractivity (Wildman–Crippen MR) is 72.3 cm³/mol. The molecule has 110 valence electrons.